The SMILES string of the molecule is CCCCCCCCC=CCCCCCCCCCCCC(=O)NCOC(C)=O. The van der Waals surface area contributed by atoms with Gasteiger partial charge in [0.25, 0.3) is 0 Å². The lowest BCUT2D eigenvalue weighted by molar-refractivity contribution is -0.142. The maximum atomic E-state index is 11.5. The third-order valence-corrected chi connectivity index (χ3v) is 5.21. The van der Waals surface area contributed by atoms with Crippen LogP contribution in [0.3, 0.4) is 0 Å². The molecule has 0 fully saturated rings. The van der Waals surface area contributed by atoms with Crippen molar-refractivity contribution in [1.29, 1.82) is 0 Å². The Morgan fingerprint density at radius 3 is 1.62 bits per heavy atom. The summed E-state index contributed by atoms with van der Waals surface area (Å²) in [6.45, 7) is 3.59. The highest BCUT2D eigenvalue weighted by molar-refractivity contribution is 5.76. The first kappa shape index (κ1) is 27.7. The fourth-order valence-electron chi connectivity index (χ4n) is 3.37. The van der Waals surface area contributed by atoms with Crippen molar-refractivity contribution in [3.05, 3.63) is 12.2 Å². The molecule has 4 nitrogen and oxygen atoms in total. The number of rotatable bonds is 21. The molecular formula is C25H47NO3. The fraction of sp³-hybridized carbons (Fsp3) is 0.840. The quantitative estimate of drug-likeness (QED) is 0.0942. The van der Waals surface area contributed by atoms with E-state index in [1.54, 1.807) is 0 Å². The lowest BCUT2D eigenvalue weighted by atomic mass is 10.1. The standard InChI is InChI=1S/C25H47NO3/c1-3-4-5-6-7-8-9-10-11-12-13-14-15-16-17-18-19-20-21-22-25(28)26-23-29-24(2)27/h10-11H,3-9,12-23H2,1-2H3,(H,26,28). The summed E-state index contributed by atoms with van der Waals surface area (Å²) in [5.74, 6) is -0.405. The number of amides is 1. The van der Waals surface area contributed by atoms with Gasteiger partial charge < -0.3 is 10.1 Å². The minimum atomic E-state index is -0.370. The highest BCUT2D eigenvalue weighted by Crippen LogP contribution is 2.12. The lowest BCUT2D eigenvalue weighted by Gasteiger charge is -2.05. The van der Waals surface area contributed by atoms with Gasteiger partial charge in [0, 0.05) is 13.3 Å². The molecule has 0 aliphatic rings. The van der Waals surface area contributed by atoms with Crippen molar-refractivity contribution in [2.45, 2.75) is 129 Å². The average molecular weight is 410 g/mol. The van der Waals surface area contributed by atoms with Gasteiger partial charge in [-0.3, -0.25) is 9.59 Å². The second-order valence-corrected chi connectivity index (χ2v) is 8.13. The summed E-state index contributed by atoms with van der Waals surface area (Å²) < 4.78 is 4.68. The smallest absolute Gasteiger partial charge is 0.304 e. The Morgan fingerprint density at radius 1 is 0.690 bits per heavy atom. The molecule has 0 aromatic rings. The van der Waals surface area contributed by atoms with Gasteiger partial charge in [0.2, 0.25) is 5.91 Å². The van der Waals surface area contributed by atoms with Gasteiger partial charge in [0.05, 0.1) is 0 Å². The Morgan fingerprint density at radius 2 is 1.14 bits per heavy atom. The number of hydrogen-bond donors (Lipinski definition) is 1. The number of allylic oxidation sites excluding steroid dienone is 2. The minimum absolute atomic E-state index is 0.0108. The Balaban J connectivity index is 3.17. The maximum absolute atomic E-state index is 11.5. The van der Waals surface area contributed by atoms with Gasteiger partial charge in [-0.2, -0.15) is 0 Å². The van der Waals surface area contributed by atoms with Crippen LogP contribution in [-0.2, 0) is 14.3 Å². The molecule has 0 saturated carbocycles. The van der Waals surface area contributed by atoms with Crippen LogP contribution in [0.4, 0.5) is 0 Å². The van der Waals surface area contributed by atoms with Crippen molar-refractivity contribution >= 4 is 11.9 Å². The average Bonchev–Trinajstić information content (AvgIpc) is 2.69. The first-order chi connectivity index (χ1) is 14.2. The van der Waals surface area contributed by atoms with Crippen molar-refractivity contribution in [2.24, 2.45) is 0 Å². The Hall–Kier alpha value is -1.32. The van der Waals surface area contributed by atoms with Crippen LogP contribution < -0.4 is 5.32 Å². The molecule has 0 aromatic heterocycles. The summed E-state index contributed by atoms with van der Waals surface area (Å²) >= 11 is 0. The summed E-state index contributed by atoms with van der Waals surface area (Å²) in [4.78, 5) is 22.1. The van der Waals surface area contributed by atoms with Gasteiger partial charge in [-0.15, -0.1) is 0 Å². The minimum Gasteiger partial charge on any atom is -0.445 e. The number of carbonyl (C=O) groups is 2. The monoisotopic (exact) mass is 409 g/mol. The Labute approximate surface area is 180 Å². The van der Waals surface area contributed by atoms with E-state index in [-0.39, 0.29) is 18.6 Å². The Bertz CT molecular complexity index is 407. The second kappa shape index (κ2) is 23.0. The highest BCUT2D eigenvalue weighted by Gasteiger charge is 2.01. The number of unbranched alkanes of at least 4 members (excludes halogenated alkanes) is 15. The largest absolute Gasteiger partial charge is 0.445 e. The highest BCUT2D eigenvalue weighted by atomic mass is 16.5. The molecule has 0 heterocycles. The molecule has 0 atom stereocenters. The molecule has 0 aliphatic heterocycles. The fourth-order valence-corrected chi connectivity index (χ4v) is 3.37. The van der Waals surface area contributed by atoms with E-state index >= 15 is 0 Å². The van der Waals surface area contributed by atoms with Gasteiger partial charge in [-0.05, 0) is 32.1 Å². The van der Waals surface area contributed by atoms with Crippen LogP contribution in [0, 0.1) is 0 Å². The van der Waals surface area contributed by atoms with Crippen LogP contribution in [0.2, 0.25) is 0 Å². The molecule has 0 radical (unpaired) electrons. The summed E-state index contributed by atoms with van der Waals surface area (Å²) in [5, 5.41) is 2.59. The first-order valence-electron chi connectivity index (χ1n) is 12.2. The zero-order valence-electron chi connectivity index (χ0n) is 19.3. The van der Waals surface area contributed by atoms with Crippen molar-refractivity contribution < 1.29 is 14.3 Å². The summed E-state index contributed by atoms with van der Waals surface area (Å²) in [7, 11) is 0. The van der Waals surface area contributed by atoms with E-state index in [2.05, 4.69) is 29.1 Å². The van der Waals surface area contributed by atoms with Crippen molar-refractivity contribution in [2.75, 3.05) is 6.73 Å². The molecule has 29 heavy (non-hydrogen) atoms. The molecule has 0 spiro atoms. The van der Waals surface area contributed by atoms with E-state index < -0.39 is 0 Å². The van der Waals surface area contributed by atoms with Crippen LogP contribution in [0.1, 0.15) is 129 Å². The van der Waals surface area contributed by atoms with Crippen LogP contribution in [0.15, 0.2) is 12.2 Å². The van der Waals surface area contributed by atoms with Crippen LogP contribution >= 0.6 is 0 Å². The predicted molar refractivity (Wildman–Crippen MR) is 123 cm³/mol. The van der Waals surface area contributed by atoms with Crippen LogP contribution in [0.5, 0.6) is 0 Å². The van der Waals surface area contributed by atoms with Crippen molar-refractivity contribution in [1.82, 2.24) is 5.32 Å². The van der Waals surface area contributed by atoms with E-state index in [4.69, 9.17) is 0 Å². The number of esters is 1. The third kappa shape index (κ3) is 24.6. The third-order valence-electron chi connectivity index (χ3n) is 5.21. The second-order valence-electron chi connectivity index (χ2n) is 8.13. The number of nitrogens with one attached hydrogen (secondary N) is 1. The number of carbonyl (C=O) groups excluding carboxylic acids is 2. The molecular weight excluding hydrogens is 362 g/mol. The van der Waals surface area contributed by atoms with Crippen molar-refractivity contribution in [3.8, 4) is 0 Å². The van der Waals surface area contributed by atoms with Gasteiger partial charge >= 0.3 is 5.97 Å². The zero-order valence-corrected chi connectivity index (χ0v) is 19.3. The lowest BCUT2D eigenvalue weighted by Crippen LogP contribution is -2.26. The molecule has 0 saturated heterocycles. The molecule has 170 valence electrons. The van der Waals surface area contributed by atoms with Gasteiger partial charge in [0.1, 0.15) is 0 Å². The summed E-state index contributed by atoms with van der Waals surface area (Å²) in [6, 6.07) is 0. The molecule has 1 N–H and O–H groups in total. The van der Waals surface area contributed by atoms with Gasteiger partial charge in [-0.25, -0.2) is 0 Å². The molecule has 0 unspecified atom stereocenters. The van der Waals surface area contributed by atoms with E-state index in [0.29, 0.717) is 6.42 Å². The van der Waals surface area contributed by atoms with Crippen LogP contribution in [0.25, 0.3) is 0 Å². The summed E-state index contributed by atoms with van der Waals surface area (Å²) in [5.41, 5.74) is 0. The molecule has 0 bridgehead atoms. The molecule has 0 aromatic carbocycles. The topological polar surface area (TPSA) is 55.4 Å². The Kier molecular flexibility index (Phi) is 21.9. The zero-order chi connectivity index (χ0) is 21.4. The maximum Gasteiger partial charge on any atom is 0.304 e. The number of hydrogen-bond acceptors (Lipinski definition) is 3. The van der Waals surface area contributed by atoms with Crippen LogP contribution in [-0.4, -0.2) is 18.6 Å². The normalized spacial score (nSPS) is 11.1. The predicted octanol–water partition coefficient (Wildman–Crippen LogP) is 7.22. The summed E-state index contributed by atoms with van der Waals surface area (Å²) in [6.07, 6.45) is 27.3. The molecule has 0 rings (SSSR count). The first-order valence-corrected chi connectivity index (χ1v) is 12.2. The molecule has 4 heteroatoms. The van der Waals surface area contributed by atoms with Crippen molar-refractivity contribution in [3.63, 3.8) is 0 Å². The molecule has 1 amide bonds. The van der Waals surface area contributed by atoms with E-state index in [1.807, 2.05) is 0 Å². The van der Waals surface area contributed by atoms with Gasteiger partial charge in [-0.1, -0.05) is 96.1 Å². The number of ether oxygens (including phenoxy) is 1. The van der Waals surface area contributed by atoms with E-state index in [9.17, 15) is 9.59 Å². The molecule has 0 aliphatic carbocycles. The van der Waals surface area contributed by atoms with E-state index in [0.717, 1.165) is 12.8 Å². The van der Waals surface area contributed by atoms with Gasteiger partial charge in [0.15, 0.2) is 6.73 Å². The van der Waals surface area contributed by atoms with E-state index in [1.165, 1.54) is 103 Å².